The summed E-state index contributed by atoms with van der Waals surface area (Å²) in [6, 6.07) is 10.1. The van der Waals surface area contributed by atoms with E-state index in [2.05, 4.69) is 48.5 Å². The molecule has 1 saturated heterocycles. The number of hydrogen-bond acceptors (Lipinski definition) is 2. The zero-order chi connectivity index (χ0) is 14.7. The number of rotatable bonds is 5. The molecule has 0 bridgehead atoms. The summed E-state index contributed by atoms with van der Waals surface area (Å²) in [7, 11) is 2.10. The largest absolute Gasteiger partial charge is 0.319 e. The van der Waals surface area contributed by atoms with Crippen LogP contribution >= 0.6 is 0 Å². The van der Waals surface area contributed by atoms with E-state index in [1.807, 2.05) is 0 Å². The summed E-state index contributed by atoms with van der Waals surface area (Å²) in [6.07, 6.45) is 6.88. The molecule has 116 valence electrons. The van der Waals surface area contributed by atoms with E-state index >= 15 is 0 Å². The van der Waals surface area contributed by atoms with Gasteiger partial charge >= 0.3 is 0 Å². The van der Waals surface area contributed by atoms with Gasteiger partial charge in [0.15, 0.2) is 0 Å². The Kier molecular flexibility index (Phi) is 4.97. The van der Waals surface area contributed by atoms with Crippen molar-refractivity contribution in [3.05, 3.63) is 35.4 Å². The summed E-state index contributed by atoms with van der Waals surface area (Å²) < 4.78 is 0. The van der Waals surface area contributed by atoms with Crippen LogP contribution in [0.1, 0.15) is 62.1 Å². The maximum atomic E-state index is 3.43. The first kappa shape index (κ1) is 15.1. The van der Waals surface area contributed by atoms with Crippen LogP contribution in [-0.4, -0.2) is 31.6 Å². The van der Waals surface area contributed by atoms with Crippen molar-refractivity contribution in [2.45, 2.75) is 51.0 Å². The molecular formula is C19H30N2. The highest BCUT2D eigenvalue weighted by Crippen LogP contribution is 2.42. The van der Waals surface area contributed by atoms with Crippen LogP contribution in [0.2, 0.25) is 0 Å². The normalized spacial score (nSPS) is 27.5. The van der Waals surface area contributed by atoms with Crippen molar-refractivity contribution in [1.29, 1.82) is 0 Å². The van der Waals surface area contributed by atoms with Crippen LogP contribution in [0.5, 0.6) is 0 Å². The van der Waals surface area contributed by atoms with Gasteiger partial charge in [-0.3, -0.25) is 4.90 Å². The lowest BCUT2D eigenvalue weighted by Crippen LogP contribution is -2.36. The summed E-state index contributed by atoms with van der Waals surface area (Å²) in [4.78, 5) is 2.71. The second kappa shape index (κ2) is 6.93. The van der Waals surface area contributed by atoms with E-state index in [9.17, 15) is 0 Å². The van der Waals surface area contributed by atoms with Gasteiger partial charge in [-0.2, -0.15) is 0 Å². The summed E-state index contributed by atoms with van der Waals surface area (Å²) in [5.74, 6) is 1.60. The molecule has 0 amide bonds. The topological polar surface area (TPSA) is 15.3 Å². The molecule has 1 aromatic rings. The number of likely N-dealkylation sites (tertiary alicyclic amines) is 1. The van der Waals surface area contributed by atoms with Crippen LogP contribution < -0.4 is 5.32 Å². The van der Waals surface area contributed by atoms with Crippen molar-refractivity contribution < 1.29 is 0 Å². The van der Waals surface area contributed by atoms with Crippen LogP contribution in [0.15, 0.2) is 24.3 Å². The Morgan fingerprint density at radius 1 is 1.14 bits per heavy atom. The zero-order valence-electron chi connectivity index (χ0n) is 13.6. The maximum absolute atomic E-state index is 3.43. The summed E-state index contributed by atoms with van der Waals surface area (Å²) >= 11 is 0. The molecular weight excluding hydrogens is 256 g/mol. The average Bonchev–Trinajstić information content (AvgIpc) is 3.35. The van der Waals surface area contributed by atoms with E-state index in [1.54, 1.807) is 11.1 Å². The SMILES string of the molecule is CCN1CCCCC(CNC)C1c1cccc(C2CC2)c1. The van der Waals surface area contributed by atoms with Crippen molar-refractivity contribution >= 4 is 0 Å². The molecule has 0 spiro atoms. The molecule has 0 aromatic heterocycles. The van der Waals surface area contributed by atoms with Gasteiger partial charge < -0.3 is 5.32 Å². The van der Waals surface area contributed by atoms with E-state index in [-0.39, 0.29) is 0 Å². The van der Waals surface area contributed by atoms with Crippen LogP contribution in [0.4, 0.5) is 0 Å². The van der Waals surface area contributed by atoms with Gasteiger partial charge in [-0.15, -0.1) is 0 Å². The second-order valence-electron chi connectivity index (χ2n) is 6.83. The van der Waals surface area contributed by atoms with Crippen molar-refractivity contribution in [2.75, 3.05) is 26.7 Å². The van der Waals surface area contributed by atoms with Gasteiger partial charge in [0.05, 0.1) is 0 Å². The molecule has 0 radical (unpaired) electrons. The highest BCUT2D eigenvalue weighted by atomic mass is 15.2. The van der Waals surface area contributed by atoms with Gasteiger partial charge in [0.25, 0.3) is 0 Å². The fourth-order valence-electron chi connectivity index (χ4n) is 4.04. The van der Waals surface area contributed by atoms with Crippen LogP contribution in [-0.2, 0) is 0 Å². The third-order valence-electron chi connectivity index (χ3n) is 5.28. The summed E-state index contributed by atoms with van der Waals surface area (Å²) in [6.45, 7) is 5.88. The Morgan fingerprint density at radius 2 is 1.95 bits per heavy atom. The number of nitrogens with zero attached hydrogens (tertiary/aromatic N) is 1. The first-order chi connectivity index (χ1) is 10.3. The zero-order valence-corrected chi connectivity index (χ0v) is 13.6. The smallest absolute Gasteiger partial charge is 0.0388 e. The number of hydrogen-bond donors (Lipinski definition) is 1. The van der Waals surface area contributed by atoms with Gasteiger partial charge in [-0.25, -0.2) is 0 Å². The first-order valence-corrected chi connectivity index (χ1v) is 8.82. The molecule has 1 heterocycles. The minimum Gasteiger partial charge on any atom is -0.319 e. The molecule has 1 aliphatic heterocycles. The fourth-order valence-corrected chi connectivity index (χ4v) is 4.04. The minimum absolute atomic E-state index is 0.601. The van der Waals surface area contributed by atoms with E-state index in [0.717, 1.165) is 18.4 Å². The van der Waals surface area contributed by atoms with Crippen molar-refractivity contribution in [2.24, 2.45) is 5.92 Å². The van der Waals surface area contributed by atoms with Crippen LogP contribution in [0.3, 0.4) is 0 Å². The summed E-state index contributed by atoms with van der Waals surface area (Å²) in [5.41, 5.74) is 3.14. The third-order valence-corrected chi connectivity index (χ3v) is 5.28. The second-order valence-corrected chi connectivity index (χ2v) is 6.83. The van der Waals surface area contributed by atoms with Crippen molar-refractivity contribution in [3.8, 4) is 0 Å². The fraction of sp³-hybridized carbons (Fsp3) is 0.684. The Morgan fingerprint density at radius 3 is 2.67 bits per heavy atom. The monoisotopic (exact) mass is 286 g/mol. The maximum Gasteiger partial charge on any atom is 0.0388 e. The predicted octanol–water partition coefficient (Wildman–Crippen LogP) is 3.95. The third kappa shape index (κ3) is 3.49. The minimum atomic E-state index is 0.601. The molecule has 1 aliphatic carbocycles. The molecule has 1 N–H and O–H groups in total. The Hall–Kier alpha value is -0.860. The highest BCUT2D eigenvalue weighted by Gasteiger charge is 2.31. The van der Waals surface area contributed by atoms with Crippen LogP contribution in [0, 0.1) is 5.92 Å². The van der Waals surface area contributed by atoms with Gasteiger partial charge in [-0.05, 0) is 75.3 Å². The molecule has 2 fully saturated rings. The molecule has 1 aromatic carbocycles. The average molecular weight is 286 g/mol. The predicted molar refractivity (Wildman–Crippen MR) is 89.7 cm³/mol. The van der Waals surface area contributed by atoms with Gasteiger partial charge in [0.2, 0.25) is 0 Å². The number of benzene rings is 1. The first-order valence-electron chi connectivity index (χ1n) is 8.82. The standard InChI is InChI=1S/C19H30N2/c1-3-21-12-5-4-7-18(14-20-2)19(21)17-9-6-8-16(13-17)15-10-11-15/h6,8-9,13,15,18-20H,3-5,7,10-12,14H2,1-2H3. The Bertz CT molecular complexity index is 453. The summed E-state index contributed by atoms with van der Waals surface area (Å²) in [5, 5.41) is 3.43. The van der Waals surface area contributed by atoms with Gasteiger partial charge in [0.1, 0.15) is 0 Å². The molecule has 21 heavy (non-hydrogen) atoms. The number of nitrogens with one attached hydrogen (secondary N) is 1. The van der Waals surface area contributed by atoms with Crippen LogP contribution in [0.25, 0.3) is 0 Å². The van der Waals surface area contributed by atoms with E-state index in [0.29, 0.717) is 6.04 Å². The van der Waals surface area contributed by atoms with Crippen molar-refractivity contribution in [1.82, 2.24) is 10.2 Å². The highest BCUT2D eigenvalue weighted by molar-refractivity contribution is 5.31. The van der Waals surface area contributed by atoms with E-state index in [4.69, 9.17) is 0 Å². The van der Waals surface area contributed by atoms with E-state index in [1.165, 1.54) is 45.2 Å². The molecule has 2 atom stereocenters. The molecule has 2 heteroatoms. The van der Waals surface area contributed by atoms with Gasteiger partial charge in [0, 0.05) is 6.04 Å². The van der Waals surface area contributed by atoms with Gasteiger partial charge in [-0.1, -0.05) is 37.6 Å². The van der Waals surface area contributed by atoms with E-state index < -0.39 is 0 Å². The molecule has 1 saturated carbocycles. The molecule has 2 aliphatic rings. The Labute approximate surface area is 129 Å². The Balaban J connectivity index is 1.90. The lowest BCUT2D eigenvalue weighted by Gasteiger charge is -2.35. The quantitative estimate of drug-likeness (QED) is 0.882. The molecule has 2 nitrogen and oxygen atoms in total. The lowest BCUT2D eigenvalue weighted by molar-refractivity contribution is 0.162. The molecule has 3 rings (SSSR count). The lowest BCUT2D eigenvalue weighted by atomic mass is 9.88. The molecule has 2 unspecified atom stereocenters. The van der Waals surface area contributed by atoms with Crippen molar-refractivity contribution in [3.63, 3.8) is 0 Å².